The minimum absolute atomic E-state index is 0.0569. The monoisotopic (exact) mass is 324 g/mol. The predicted octanol–water partition coefficient (Wildman–Crippen LogP) is 4.05. The van der Waals surface area contributed by atoms with Gasteiger partial charge in [0.25, 0.3) is 0 Å². The maximum atomic E-state index is 10.2. The number of hydrogen-bond donors (Lipinski definition) is 2. The molecule has 4 heteroatoms. The van der Waals surface area contributed by atoms with Crippen LogP contribution in [0.2, 0.25) is 0 Å². The second-order valence-corrected chi connectivity index (χ2v) is 6.09. The number of nitrogens with one attached hydrogen (secondary N) is 1. The van der Waals surface area contributed by atoms with E-state index in [1.54, 1.807) is 13.2 Å². The molecule has 0 spiro atoms. The summed E-state index contributed by atoms with van der Waals surface area (Å²) in [7, 11) is 1.67. The van der Waals surface area contributed by atoms with Crippen LogP contribution < -0.4 is 10.1 Å². The number of aliphatic imine (C=N–C) groups is 1. The lowest BCUT2D eigenvalue weighted by molar-refractivity contribution is 0.391. The molecular weight excluding hydrogens is 300 g/mol. The Kier molecular flexibility index (Phi) is 5.16. The van der Waals surface area contributed by atoms with E-state index in [0.29, 0.717) is 5.75 Å². The van der Waals surface area contributed by atoms with Gasteiger partial charge in [0.15, 0.2) is 0 Å². The molecule has 2 atom stereocenters. The van der Waals surface area contributed by atoms with Crippen molar-refractivity contribution in [2.45, 2.75) is 38.4 Å². The Labute approximate surface area is 143 Å². The third kappa shape index (κ3) is 3.60. The average Bonchev–Trinajstić information content (AvgIpc) is 2.62. The molecule has 3 rings (SSSR count). The number of rotatable bonds is 5. The summed E-state index contributed by atoms with van der Waals surface area (Å²) in [5.41, 5.74) is 3.06. The number of para-hydroxylation sites is 1. The van der Waals surface area contributed by atoms with Gasteiger partial charge in [-0.2, -0.15) is 0 Å². The van der Waals surface area contributed by atoms with E-state index in [-0.39, 0.29) is 12.2 Å². The number of methoxy groups -OCH3 is 1. The fraction of sp³-hybridized carbons (Fsp3) is 0.350. The predicted molar refractivity (Wildman–Crippen MR) is 96.8 cm³/mol. The Balaban J connectivity index is 1.94. The van der Waals surface area contributed by atoms with Crippen LogP contribution in [0.1, 0.15) is 43.4 Å². The van der Waals surface area contributed by atoms with E-state index in [9.17, 15) is 5.11 Å². The first-order chi connectivity index (χ1) is 11.7. The molecule has 0 aromatic heterocycles. The van der Waals surface area contributed by atoms with Gasteiger partial charge in [0, 0.05) is 23.7 Å². The van der Waals surface area contributed by atoms with E-state index in [1.807, 2.05) is 36.4 Å². The number of hydrogen-bond acceptors (Lipinski definition) is 4. The fourth-order valence-corrected chi connectivity index (χ4v) is 3.16. The number of aromatic hydroxyl groups is 1. The highest BCUT2D eigenvalue weighted by Gasteiger charge is 2.26. The van der Waals surface area contributed by atoms with Gasteiger partial charge < -0.3 is 9.84 Å². The number of ether oxygens (including phenoxy) is 1. The van der Waals surface area contributed by atoms with E-state index in [4.69, 9.17) is 9.73 Å². The van der Waals surface area contributed by atoms with E-state index in [1.165, 1.54) is 0 Å². The van der Waals surface area contributed by atoms with Crippen LogP contribution in [0.4, 0.5) is 0 Å². The van der Waals surface area contributed by atoms with Crippen molar-refractivity contribution in [1.29, 1.82) is 0 Å². The van der Waals surface area contributed by atoms with Crippen molar-refractivity contribution in [3.63, 3.8) is 0 Å². The van der Waals surface area contributed by atoms with E-state index < -0.39 is 0 Å². The fourth-order valence-electron chi connectivity index (χ4n) is 3.16. The van der Waals surface area contributed by atoms with Crippen LogP contribution in [-0.2, 0) is 0 Å². The molecule has 126 valence electrons. The summed E-state index contributed by atoms with van der Waals surface area (Å²) in [5, 5.41) is 13.8. The molecule has 2 unspecified atom stereocenters. The molecule has 2 aromatic carbocycles. The number of phenolic OH excluding ortho intramolecular Hbond substituents is 1. The lowest BCUT2D eigenvalue weighted by Crippen LogP contribution is -2.38. The summed E-state index contributed by atoms with van der Waals surface area (Å²) in [6.07, 6.45) is 2.83. The lowest BCUT2D eigenvalue weighted by Gasteiger charge is -2.30. The summed E-state index contributed by atoms with van der Waals surface area (Å²) in [5.74, 6) is 1.16. The summed E-state index contributed by atoms with van der Waals surface area (Å²) < 4.78 is 5.34. The largest absolute Gasteiger partial charge is 0.508 e. The number of phenols is 1. The maximum Gasteiger partial charge on any atom is 0.120 e. The molecule has 0 bridgehead atoms. The molecule has 1 aliphatic heterocycles. The molecule has 0 amide bonds. The smallest absolute Gasteiger partial charge is 0.120 e. The number of nitrogens with zero attached hydrogens (tertiary/aromatic N) is 1. The van der Waals surface area contributed by atoms with Gasteiger partial charge in [0.05, 0.1) is 7.11 Å². The quantitative estimate of drug-likeness (QED) is 0.872. The van der Waals surface area contributed by atoms with Gasteiger partial charge in [-0.05, 0) is 30.2 Å². The molecule has 1 aliphatic rings. The second-order valence-electron chi connectivity index (χ2n) is 6.09. The van der Waals surface area contributed by atoms with Crippen molar-refractivity contribution in [3.8, 4) is 11.5 Å². The molecule has 0 radical (unpaired) electrons. The maximum absolute atomic E-state index is 10.2. The van der Waals surface area contributed by atoms with Gasteiger partial charge in [0.1, 0.15) is 17.7 Å². The van der Waals surface area contributed by atoms with Crippen LogP contribution >= 0.6 is 0 Å². The first-order valence-corrected chi connectivity index (χ1v) is 8.46. The topological polar surface area (TPSA) is 53.9 Å². The van der Waals surface area contributed by atoms with Crippen LogP contribution in [0.15, 0.2) is 53.5 Å². The van der Waals surface area contributed by atoms with Crippen molar-refractivity contribution in [1.82, 2.24) is 5.32 Å². The third-order valence-electron chi connectivity index (χ3n) is 4.38. The van der Waals surface area contributed by atoms with Crippen molar-refractivity contribution in [3.05, 3.63) is 59.7 Å². The molecular formula is C20H24N2O2. The molecule has 2 aromatic rings. The molecule has 24 heavy (non-hydrogen) atoms. The van der Waals surface area contributed by atoms with Crippen molar-refractivity contribution < 1.29 is 9.84 Å². The van der Waals surface area contributed by atoms with Crippen molar-refractivity contribution in [2.75, 3.05) is 7.11 Å². The summed E-state index contributed by atoms with van der Waals surface area (Å²) in [4.78, 5) is 4.89. The lowest BCUT2D eigenvalue weighted by atomic mass is 9.94. The van der Waals surface area contributed by atoms with Gasteiger partial charge in [-0.25, -0.2) is 0 Å². The van der Waals surface area contributed by atoms with Crippen LogP contribution in [0.25, 0.3) is 0 Å². The summed E-state index contributed by atoms with van der Waals surface area (Å²) >= 11 is 0. The molecule has 0 saturated heterocycles. The molecule has 0 saturated carbocycles. The van der Waals surface area contributed by atoms with Gasteiger partial charge in [0.2, 0.25) is 0 Å². The highest BCUT2D eigenvalue weighted by molar-refractivity contribution is 6.01. The van der Waals surface area contributed by atoms with E-state index in [2.05, 4.69) is 18.3 Å². The molecule has 1 heterocycles. The zero-order valence-corrected chi connectivity index (χ0v) is 14.2. The molecule has 0 aliphatic carbocycles. The van der Waals surface area contributed by atoms with Crippen LogP contribution in [-0.4, -0.2) is 24.1 Å². The van der Waals surface area contributed by atoms with Gasteiger partial charge in [-0.15, -0.1) is 0 Å². The summed E-state index contributed by atoms with van der Waals surface area (Å²) in [6, 6.07) is 15.6. The summed E-state index contributed by atoms with van der Waals surface area (Å²) in [6.45, 7) is 2.16. The van der Waals surface area contributed by atoms with Gasteiger partial charge in [-0.3, -0.25) is 10.3 Å². The van der Waals surface area contributed by atoms with Crippen LogP contribution in [0.5, 0.6) is 11.5 Å². The SMILES string of the molecule is CCCC1N=C(c2cccc(OC)c2)CC(c2ccccc2O)N1. The molecule has 2 N–H and O–H groups in total. The minimum atomic E-state index is 0.0569. The third-order valence-corrected chi connectivity index (χ3v) is 4.38. The Morgan fingerprint density at radius 1 is 1.21 bits per heavy atom. The van der Waals surface area contributed by atoms with Gasteiger partial charge in [-0.1, -0.05) is 43.7 Å². The van der Waals surface area contributed by atoms with Crippen LogP contribution in [0, 0.1) is 0 Å². The van der Waals surface area contributed by atoms with Crippen molar-refractivity contribution >= 4 is 5.71 Å². The average molecular weight is 324 g/mol. The minimum Gasteiger partial charge on any atom is -0.508 e. The Hall–Kier alpha value is -2.33. The zero-order valence-electron chi connectivity index (χ0n) is 14.2. The van der Waals surface area contributed by atoms with Crippen LogP contribution in [0.3, 0.4) is 0 Å². The highest BCUT2D eigenvalue weighted by Crippen LogP contribution is 2.31. The van der Waals surface area contributed by atoms with E-state index >= 15 is 0 Å². The Morgan fingerprint density at radius 3 is 2.79 bits per heavy atom. The normalized spacial score (nSPS) is 20.5. The Bertz CT molecular complexity index is 727. The molecule has 4 nitrogen and oxygen atoms in total. The molecule has 0 fully saturated rings. The highest BCUT2D eigenvalue weighted by atomic mass is 16.5. The number of benzene rings is 2. The second kappa shape index (κ2) is 7.49. The Morgan fingerprint density at radius 2 is 2.04 bits per heavy atom. The first kappa shape index (κ1) is 16.5. The van der Waals surface area contributed by atoms with Crippen molar-refractivity contribution in [2.24, 2.45) is 4.99 Å². The zero-order chi connectivity index (χ0) is 16.9. The first-order valence-electron chi connectivity index (χ1n) is 8.46. The standard InChI is InChI=1S/C20H24N2O2/c1-3-7-20-21-17(14-8-6-9-15(12-14)24-2)13-18(22-20)16-10-4-5-11-19(16)23/h4-6,8-12,18,20,22-23H,3,7,13H2,1-2H3. The van der Waals surface area contributed by atoms with E-state index in [0.717, 1.165) is 41.9 Å². The van der Waals surface area contributed by atoms with Gasteiger partial charge >= 0.3 is 0 Å².